The normalized spacial score (nSPS) is 22.4. The Bertz CT molecular complexity index is 422. The van der Waals surface area contributed by atoms with E-state index in [2.05, 4.69) is 55.9 Å². The third kappa shape index (κ3) is 4.62. The van der Waals surface area contributed by atoms with Crippen molar-refractivity contribution in [1.82, 2.24) is 15.1 Å². The highest BCUT2D eigenvalue weighted by molar-refractivity contribution is 5.13. The quantitative estimate of drug-likeness (QED) is 0.916. The first-order valence-electron chi connectivity index (χ1n) is 7.57. The van der Waals surface area contributed by atoms with Gasteiger partial charge in [-0.05, 0) is 40.8 Å². The van der Waals surface area contributed by atoms with Gasteiger partial charge in [-0.15, -0.1) is 0 Å². The molecular formula is C16H29N3O. The first kappa shape index (κ1) is 15.5. The third-order valence-corrected chi connectivity index (χ3v) is 3.86. The van der Waals surface area contributed by atoms with Crippen LogP contribution in [-0.2, 0) is 13.1 Å². The molecule has 4 nitrogen and oxygen atoms in total. The van der Waals surface area contributed by atoms with Crippen molar-refractivity contribution in [1.29, 1.82) is 0 Å². The predicted molar refractivity (Wildman–Crippen MR) is 82.7 cm³/mol. The lowest BCUT2D eigenvalue weighted by molar-refractivity contribution is 0.0875. The first-order valence-corrected chi connectivity index (χ1v) is 7.57. The van der Waals surface area contributed by atoms with E-state index in [4.69, 9.17) is 4.42 Å². The van der Waals surface area contributed by atoms with Crippen LogP contribution in [0.2, 0.25) is 0 Å². The molecule has 1 saturated heterocycles. The van der Waals surface area contributed by atoms with Crippen molar-refractivity contribution in [3.05, 3.63) is 23.7 Å². The second kappa shape index (κ2) is 6.29. The number of piperazine rings is 1. The highest BCUT2D eigenvalue weighted by Crippen LogP contribution is 2.16. The molecule has 1 N–H and O–H groups in total. The van der Waals surface area contributed by atoms with E-state index >= 15 is 0 Å². The van der Waals surface area contributed by atoms with Crippen molar-refractivity contribution in [2.45, 2.75) is 52.4 Å². The predicted octanol–water partition coefficient (Wildman–Crippen LogP) is 2.30. The average molecular weight is 279 g/mol. The SMILES string of the molecule is CC1CN(C)CCN1Cc1cc(CNC(C)(C)C)co1. The van der Waals surface area contributed by atoms with Gasteiger partial charge in [-0.1, -0.05) is 0 Å². The van der Waals surface area contributed by atoms with Crippen LogP contribution >= 0.6 is 0 Å². The van der Waals surface area contributed by atoms with Gasteiger partial charge in [0.15, 0.2) is 0 Å². The maximum Gasteiger partial charge on any atom is 0.118 e. The number of hydrogen-bond donors (Lipinski definition) is 1. The van der Waals surface area contributed by atoms with Gasteiger partial charge >= 0.3 is 0 Å². The van der Waals surface area contributed by atoms with Gasteiger partial charge in [-0.25, -0.2) is 0 Å². The fourth-order valence-corrected chi connectivity index (χ4v) is 2.58. The Morgan fingerprint density at radius 2 is 2.10 bits per heavy atom. The van der Waals surface area contributed by atoms with E-state index in [0.717, 1.165) is 38.5 Å². The summed E-state index contributed by atoms with van der Waals surface area (Å²) in [7, 11) is 2.19. The zero-order valence-electron chi connectivity index (χ0n) is 13.6. The molecule has 1 aromatic heterocycles. The summed E-state index contributed by atoms with van der Waals surface area (Å²) in [4.78, 5) is 4.89. The van der Waals surface area contributed by atoms with E-state index < -0.39 is 0 Å². The number of furan rings is 1. The van der Waals surface area contributed by atoms with Crippen LogP contribution in [0.15, 0.2) is 16.7 Å². The van der Waals surface area contributed by atoms with Gasteiger partial charge in [0.2, 0.25) is 0 Å². The van der Waals surface area contributed by atoms with E-state index in [-0.39, 0.29) is 5.54 Å². The molecule has 0 aromatic carbocycles. The van der Waals surface area contributed by atoms with Crippen LogP contribution in [-0.4, -0.2) is 48.1 Å². The van der Waals surface area contributed by atoms with Crippen LogP contribution in [0.4, 0.5) is 0 Å². The maximum absolute atomic E-state index is 5.71. The van der Waals surface area contributed by atoms with Crippen LogP contribution in [0.5, 0.6) is 0 Å². The lowest BCUT2D eigenvalue weighted by Crippen LogP contribution is -2.49. The molecule has 2 heterocycles. The summed E-state index contributed by atoms with van der Waals surface area (Å²) >= 11 is 0. The molecule has 0 amide bonds. The Morgan fingerprint density at radius 1 is 1.35 bits per heavy atom. The molecule has 1 atom stereocenters. The summed E-state index contributed by atoms with van der Waals surface area (Å²) in [5.41, 5.74) is 1.38. The Morgan fingerprint density at radius 3 is 2.75 bits per heavy atom. The molecule has 114 valence electrons. The summed E-state index contributed by atoms with van der Waals surface area (Å²) in [5.74, 6) is 1.08. The Labute approximate surface area is 123 Å². The van der Waals surface area contributed by atoms with Gasteiger partial charge < -0.3 is 14.6 Å². The van der Waals surface area contributed by atoms with Crippen LogP contribution in [0.25, 0.3) is 0 Å². The molecule has 0 radical (unpaired) electrons. The molecule has 0 saturated carbocycles. The highest BCUT2D eigenvalue weighted by atomic mass is 16.3. The lowest BCUT2D eigenvalue weighted by Gasteiger charge is -2.37. The molecule has 4 heteroatoms. The second-order valence-electron chi connectivity index (χ2n) is 7.11. The Kier molecular flexibility index (Phi) is 4.89. The minimum atomic E-state index is 0.142. The fraction of sp³-hybridized carbons (Fsp3) is 0.750. The van der Waals surface area contributed by atoms with Crippen molar-refractivity contribution in [2.24, 2.45) is 0 Å². The molecule has 1 aliphatic rings. The highest BCUT2D eigenvalue weighted by Gasteiger charge is 2.22. The van der Waals surface area contributed by atoms with E-state index in [1.54, 1.807) is 0 Å². The van der Waals surface area contributed by atoms with Crippen molar-refractivity contribution in [3.8, 4) is 0 Å². The average Bonchev–Trinajstić information content (AvgIpc) is 2.77. The molecule has 0 spiro atoms. The standard InChI is InChI=1S/C16H29N3O/c1-13-10-18(5)6-7-19(13)11-15-8-14(12-20-15)9-17-16(2,3)4/h8,12-13,17H,6-7,9-11H2,1-5H3. The molecule has 20 heavy (non-hydrogen) atoms. The molecule has 0 bridgehead atoms. The van der Waals surface area contributed by atoms with Crippen molar-refractivity contribution < 1.29 is 4.42 Å². The maximum atomic E-state index is 5.71. The summed E-state index contributed by atoms with van der Waals surface area (Å²) in [5, 5.41) is 3.49. The van der Waals surface area contributed by atoms with E-state index in [9.17, 15) is 0 Å². The van der Waals surface area contributed by atoms with Crippen LogP contribution in [0.1, 0.15) is 39.0 Å². The molecular weight excluding hydrogens is 250 g/mol. The number of nitrogens with zero attached hydrogens (tertiary/aromatic N) is 2. The molecule has 2 rings (SSSR count). The lowest BCUT2D eigenvalue weighted by atomic mass is 10.1. The molecule has 1 unspecified atom stereocenters. The topological polar surface area (TPSA) is 31.6 Å². The molecule has 1 aromatic rings. The second-order valence-corrected chi connectivity index (χ2v) is 7.11. The summed E-state index contributed by atoms with van der Waals surface area (Å²) in [6, 6.07) is 2.78. The van der Waals surface area contributed by atoms with E-state index in [1.165, 1.54) is 5.56 Å². The number of likely N-dealkylation sites (N-methyl/N-ethyl adjacent to an activating group) is 1. The molecule has 0 aliphatic carbocycles. The van der Waals surface area contributed by atoms with Gasteiger partial charge in [-0.3, -0.25) is 4.90 Å². The number of nitrogens with one attached hydrogen (secondary N) is 1. The first-order chi connectivity index (χ1) is 9.33. The molecule has 1 fully saturated rings. The van der Waals surface area contributed by atoms with Gasteiger partial charge in [0, 0.05) is 43.3 Å². The minimum Gasteiger partial charge on any atom is -0.468 e. The van der Waals surface area contributed by atoms with Gasteiger partial charge in [0.05, 0.1) is 12.8 Å². The third-order valence-electron chi connectivity index (χ3n) is 3.86. The van der Waals surface area contributed by atoms with Crippen molar-refractivity contribution in [2.75, 3.05) is 26.7 Å². The molecule has 1 aliphatic heterocycles. The van der Waals surface area contributed by atoms with Crippen LogP contribution in [0.3, 0.4) is 0 Å². The number of hydrogen-bond acceptors (Lipinski definition) is 4. The largest absolute Gasteiger partial charge is 0.468 e. The zero-order chi connectivity index (χ0) is 14.8. The smallest absolute Gasteiger partial charge is 0.118 e. The van der Waals surface area contributed by atoms with Crippen LogP contribution in [0, 0.1) is 0 Å². The zero-order valence-corrected chi connectivity index (χ0v) is 13.6. The Hall–Kier alpha value is -0.840. The van der Waals surface area contributed by atoms with Gasteiger partial charge in [0.1, 0.15) is 5.76 Å². The summed E-state index contributed by atoms with van der Waals surface area (Å²) in [6.07, 6.45) is 1.88. The van der Waals surface area contributed by atoms with Gasteiger partial charge in [0.25, 0.3) is 0 Å². The monoisotopic (exact) mass is 279 g/mol. The van der Waals surface area contributed by atoms with Crippen molar-refractivity contribution in [3.63, 3.8) is 0 Å². The van der Waals surface area contributed by atoms with Gasteiger partial charge in [-0.2, -0.15) is 0 Å². The Balaban J connectivity index is 1.86. The minimum absolute atomic E-state index is 0.142. The number of rotatable bonds is 4. The summed E-state index contributed by atoms with van der Waals surface area (Å²) in [6.45, 7) is 14.0. The fourth-order valence-electron chi connectivity index (χ4n) is 2.58. The van der Waals surface area contributed by atoms with E-state index in [0.29, 0.717) is 6.04 Å². The summed E-state index contributed by atoms with van der Waals surface area (Å²) < 4.78 is 5.71. The van der Waals surface area contributed by atoms with E-state index in [1.807, 2.05) is 6.26 Å². The van der Waals surface area contributed by atoms with Crippen LogP contribution < -0.4 is 5.32 Å². The van der Waals surface area contributed by atoms with Crippen molar-refractivity contribution >= 4 is 0 Å².